The molecule has 15 heavy (non-hydrogen) atoms. The second kappa shape index (κ2) is 4.53. The van der Waals surface area contributed by atoms with Crippen LogP contribution in [0.2, 0.25) is 0 Å². The molecule has 0 aliphatic heterocycles. The van der Waals surface area contributed by atoms with E-state index in [2.05, 4.69) is 4.18 Å². The molecule has 92 valence electrons. The molecule has 0 bridgehead atoms. The Hall–Kier alpha value is -0.550. The lowest BCUT2D eigenvalue weighted by Crippen LogP contribution is -2.36. The topological polar surface area (TPSA) is 55.4 Å². The van der Waals surface area contributed by atoms with E-state index in [9.17, 15) is 34.8 Å². The van der Waals surface area contributed by atoms with E-state index in [0.717, 1.165) is 4.72 Å². The van der Waals surface area contributed by atoms with E-state index in [1.807, 2.05) is 0 Å². The third-order valence-electron chi connectivity index (χ3n) is 0.827. The lowest BCUT2D eigenvalue weighted by Gasteiger charge is -2.10. The fourth-order valence-electron chi connectivity index (χ4n) is 0.356. The van der Waals surface area contributed by atoms with Crippen LogP contribution in [0.3, 0.4) is 0 Å². The number of alkyl halides is 6. The van der Waals surface area contributed by atoms with Gasteiger partial charge in [0.25, 0.3) is 0 Å². The molecule has 1 N–H and O–H groups in total. The monoisotopic (exact) mass is 261 g/mol. The molecule has 0 unspecified atom stereocenters. The molecule has 0 saturated carbocycles. The van der Waals surface area contributed by atoms with Crippen molar-refractivity contribution in [3.8, 4) is 0 Å². The second-order valence-corrected chi connectivity index (χ2v) is 3.70. The molecule has 0 aliphatic rings. The van der Waals surface area contributed by atoms with Crippen LogP contribution in [0.25, 0.3) is 0 Å². The minimum Gasteiger partial charge on any atom is -0.248 e. The zero-order chi connectivity index (χ0) is 12.3. The van der Waals surface area contributed by atoms with E-state index in [-0.39, 0.29) is 0 Å². The van der Waals surface area contributed by atoms with Crippen LogP contribution < -0.4 is 4.72 Å². The molecule has 0 spiro atoms. The van der Waals surface area contributed by atoms with Gasteiger partial charge in [0.15, 0.2) is 6.61 Å². The van der Waals surface area contributed by atoms with Gasteiger partial charge in [-0.2, -0.15) is 39.5 Å². The Kier molecular flexibility index (Phi) is 4.36. The van der Waals surface area contributed by atoms with Gasteiger partial charge in [-0.1, -0.05) is 0 Å². The van der Waals surface area contributed by atoms with E-state index in [4.69, 9.17) is 0 Å². The molecule has 0 radical (unpaired) electrons. The molecule has 0 rings (SSSR count). The van der Waals surface area contributed by atoms with Crippen molar-refractivity contribution in [3.05, 3.63) is 0 Å². The lowest BCUT2D eigenvalue weighted by atomic mass is 10.7. The lowest BCUT2D eigenvalue weighted by molar-refractivity contribution is -0.153. The summed E-state index contributed by atoms with van der Waals surface area (Å²) < 4.78 is 93.4. The van der Waals surface area contributed by atoms with Crippen LogP contribution in [-0.4, -0.2) is 33.9 Å². The SMILES string of the molecule is O=S(=O)(NCC(F)(F)F)OCC(F)(F)F. The third-order valence-corrected chi connectivity index (χ3v) is 1.75. The molecule has 11 heteroatoms. The van der Waals surface area contributed by atoms with Crippen molar-refractivity contribution >= 4 is 10.3 Å². The summed E-state index contributed by atoms with van der Waals surface area (Å²) in [6.45, 7) is -4.17. The summed E-state index contributed by atoms with van der Waals surface area (Å²) in [7, 11) is -5.04. The standard InChI is InChI=1S/C4H5F6NO3S/c5-3(6,7)1-11-15(12,13)14-2-4(8,9)10/h11H,1-2H2. The van der Waals surface area contributed by atoms with Gasteiger partial charge in [-0.15, -0.1) is 0 Å². The van der Waals surface area contributed by atoms with Crippen LogP contribution in [0.1, 0.15) is 0 Å². The summed E-state index contributed by atoms with van der Waals surface area (Å²) in [5.74, 6) is 0. The smallest absolute Gasteiger partial charge is 0.248 e. The highest BCUT2D eigenvalue weighted by Gasteiger charge is 2.33. The largest absolute Gasteiger partial charge is 0.413 e. The van der Waals surface area contributed by atoms with Gasteiger partial charge < -0.3 is 0 Å². The maximum absolute atomic E-state index is 11.5. The van der Waals surface area contributed by atoms with Gasteiger partial charge in [0.05, 0.1) is 0 Å². The third kappa shape index (κ3) is 9.75. The summed E-state index contributed by atoms with van der Waals surface area (Å²) >= 11 is 0. The van der Waals surface area contributed by atoms with Crippen LogP contribution in [0, 0.1) is 0 Å². The van der Waals surface area contributed by atoms with Crippen LogP contribution in [-0.2, 0) is 14.5 Å². The average molecular weight is 261 g/mol. The van der Waals surface area contributed by atoms with E-state index in [1.165, 1.54) is 0 Å². The Bertz CT molecular complexity index is 268. The molecule has 0 saturated heterocycles. The average Bonchev–Trinajstić information content (AvgIpc) is 1.96. The first-order valence-electron chi connectivity index (χ1n) is 3.19. The van der Waals surface area contributed by atoms with Crippen LogP contribution in [0.4, 0.5) is 26.3 Å². The second-order valence-electron chi connectivity index (χ2n) is 2.27. The molecule has 0 aromatic carbocycles. The Morgan fingerprint density at radius 1 is 1.00 bits per heavy atom. The fourth-order valence-corrected chi connectivity index (χ4v) is 1.07. The van der Waals surface area contributed by atoms with Crippen molar-refractivity contribution in [1.82, 2.24) is 4.72 Å². The Balaban J connectivity index is 4.11. The molecule has 0 heterocycles. The first kappa shape index (κ1) is 14.5. The molecule has 0 amide bonds. The highest BCUT2D eigenvalue weighted by Crippen LogP contribution is 2.16. The number of nitrogens with one attached hydrogen (secondary N) is 1. The minimum atomic E-state index is -5.04. The van der Waals surface area contributed by atoms with Crippen LogP contribution >= 0.6 is 0 Å². The minimum absolute atomic E-state index is 0.797. The predicted octanol–water partition coefficient (Wildman–Crippen LogP) is 0.962. The van der Waals surface area contributed by atoms with Gasteiger partial charge in [-0.3, -0.25) is 0 Å². The maximum Gasteiger partial charge on any atom is 0.413 e. The normalized spacial score (nSPS) is 14.3. The van der Waals surface area contributed by atoms with E-state index in [1.54, 1.807) is 0 Å². The summed E-state index contributed by atoms with van der Waals surface area (Å²) in [6.07, 6.45) is -9.80. The molecule has 0 aliphatic carbocycles. The summed E-state index contributed by atoms with van der Waals surface area (Å²) in [4.78, 5) is 0. The molecule has 0 aromatic rings. The van der Waals surface area contributed by atoms with Gasteiger partial charge >= 0.3 is 22.7 Å². The number of halogens is 6. The van der Waals surface area contributed by atoms with Crippen molar-refractivity contribution in [2.24, 2.45) is 0 Å². The number of hydrogen-bond acceptors (Lipinski definition) is 3. The maximum atomic E-state index is 11.5. The molecule has 0 atom stereocenters. The van der Waals surface area contributed by atoms with Gasteiger partial charge in [0.2, 0.25) is 0 Å². The van der Waals surface area contributed by atoms with Crippen molar-refractivity contribution in [2.75, 3.05) is 13.2 Å². The fraction of sp³-hybridized carbons (Fsp3) is 1.00. The number of rotatable bonds is 4. The first-order valence-corrected chi connectivity index (χ1v) is 4.60. The van der Waals surface area contributed by atoms with Crippen LogP contribution in [0.15, 0.2) is 0 Å². The highest BCUT2D eigenvalue weighted by molar-refractivity contribution is 7.84. The molecular weight excluding hydrogens is 256 g/mol. The van der Waals surface area contributed by atoms with Crippen molar-refractivity contribution in [1.29, 1.82) is 0 Å². The summed E-state index contributed by atoms with van der Waals surface area (Å²) in [5.41, 5.74) is 0. The van der Waals surface area contributed by atoms with Gasteiger partial charge in [-0.25, -0.2) is 4.18 Å². The van der Waals surface area contributed by atoms with Crippen molar-refractivity contribution < 1.29 is 38.9 Å². The summed E-state index contributed by atoms with van der Waals surface area (Å²) in [6, 6.07) is 0. The highest BCUT2D eigenvalue weighted by atomic mass is 32.2. The number of hydrogen-bond donors (Lipinski definition) is 1. The summed E-state index contributed by atoms with van der Waals surface area (Å²) in [5, 5.41) is 0. The Labute approximate surface area is 80.5 Å². The van der Waals surface area contributed by atoms with Gasteiger partial charge in [-0.05, 0) is 0 Å². The molecular formula is C4H5F6NO3S. The molecule has 0 aromatic heterocycles. The van der Waals surface area contributed by atoms with Crippen molar-refractivity contribution in [2.45, 2.75) is 12.4 Å². The van der Waals surface area contributed by atoms with Gasteiger partial charge in [0, 0.05) is 0 Å². The predicted molar refractivity (Wildman–Crippen MR) is 35.0 cm³/mol. The van der Waals surface area contributed by atoms with E-state index < -0.39 is 35.8 Å². The zero-order valence-corrected chi connectivity index (χ0v) is 7.63. The molecule has 4 nitrogen and oxygen atoms in total. The van der Waals surface area contributed by atoms with E-state index >= 15 is 0 Å². The van der Waals surface area contributed by atoms with Gasteiger partial charge in [0.1, 0.15) is 6.54 Å². The first-order chi connectivity index (χ1) is 6.41. The van der Waals surface area contributed by atoms with E-state index in [0.29, 0.717) is 0 Å². The Morgan fingerprint density at radius 3 is 1.80 bits per heavy atom. The molecule has 0 fully saturated rings. The zero-order valence-electron chi connectivity index (χ0n) is 6.81. The van der Waals surface area contributed by atoms with Crippen LogP contribution in [0.5, 0.6) is 0 Å². The quantitative estimate of drug-likeness (QED) is 0.767. The van der Waals surface area contributed by atoms with Crippen molar-refractivity contribution in [3.63, 3.8) is 0 Å². The Morgan fingerprint density at radius 2 is 1.47 bits per heavy atom.